The largest absolute Gasteiger partial charge is 0.465 e. The molecule has 0 saturated carbocycles. The summed E-state index contributed by atoms with van der Waals surface area (Å²) in [5.74, 6) is 1.84. The van der Waals surface area contributed by atoms with E-state index in [1.165, 1.54) is 12.1 Å². The van der Waals surface area contributed by atoms with Crippen molar-refractivity contribution >= 4 is 12.2 Å². The molecule has 0 bridgehead atoms. The van der Waals surface area contributed by atoms with Crippen molar-refractivity contribution < 1.29 is 8.83 Å². The Morgan fingerprint density at radius 3 is 2.67 bits per heavy atom. The van der Waals surface area contributed by atoms with Crippen LogP contribution in [0, 0.1) is 6.92 Å². The van der Waals surface area contributed by atoms with Crippen molar-refractivity contribution in [3.8, 4) is 0 Å². The van der Waals surface area contributed by atoms with Gasteiger partial charge < -0.3 is 8.83 Å². The minimum atomic E-state index is -0.0576. The van der Waals surface area contributed by atoms with Crippen LogP contribution in [0.15, 0.2) is 44.2 Å². The van der Waals surface area contributed by atoms with Gasteiger partial charge in [-0.2, -0.15) is 0 Å². The molecule has 0 aliphatic rings. The molecule has 2 heterocycles. The molecule has 3 nitrogen and oxygen atoms in total. The third-order valence-electron chi connectivity index (χ3n) is 1.86. The Hall–Kier alpha value is -2.03. The molecule has 76 valence electrons. The third kappa shape index (κ3) is 2.47. The molecule has 0 radical (unpaired) electrons. The van der Waals surface area contributed by atoms with Crippen molar-refractivity contribution in [2.75, 3.05) is 0 Å². The normalized spacial score (nSPS) is 11.0. The molecule has 0 N–H and O–H groups in total. The molecule has 0 spiro atoms. The number of hydrogen-bond donors (Lipinski definition) is 0. The summed E-state index contributed by atoms with van der Waals surface area (Å²) in [5, 5.41) is 0. The molecule has 3 heteroatoms. The van der Waals surface area contributed by atoms with Gasteiger partial charge in [0, 0.05) is 12.1 Å². The second kappa shape index (κ2) is 4.00. The number of rotatable bonds is 2. The van der Waals surface area contributed by atoms with Gasteiger partial charge in [-0.15, -0.1) is 0 Å². The van der Waals surface area contributed by atoms with Gasteiger partial charge in [-0.3, -0.25) is 4.79 Å². The van der Waals surface area contributed by atoms with Gasteiger partial charge in [0.25, 0.3) is 0 Å². The second-order valence-corrected chi connectivity index (χ2v) is 3.15. The van der Waals surface area contributed by atoms with Crippen LogP contribution in [-0.2, 0) is 0 Å². The van der Waals surface area contributed by atoms with Gasteiger partial charge in [-0.05, 0) is 31.2 Å². The van der Waals surface area contributed by atoms with Gasteiger partial charge in [-0.1, -0.05) is 0 Å². The average Bonchev–Trinajstić information content (AvgIpc) is 2.65. The molecular weight excluding hydrogens is 192 g/mol. The third-order valence-corrected chi connectivity index (χ3v) is 1.86. The lowest BCUT2D eigenvalue weighted by Crippen LogP contribution is -1.97. The number of aryl methyl sites for hydroxylation is 1. The fraction of sp³-hybridized carbons (Fsp3) is 0.0833. The summed E-state index contributed by atoms with van der Waals surface area (Å²) in [6, 6.07) is 6.51. The predicted molar refractivity (Wildman–Crippen MR) is 57.4 cm³/mol. The highest BCUT2D eigenvalue weighted by Crippen LogP contribution is 2.08. The fourth-order valence-corrected chi connectivity index (χ4v) is 1.26. The van der Waals surface area contributed by atoms with Gasteiger partial charge >= 0.3 is 0 Å². The Labute approximate surface area is 86.7 Å². The molecule has 0 unspecified atom stereocenters. The van der Waals surface area contributed by atoms with Crippen LogP contribution in [0.3, 0.4) is 0 Å². The van der Waals surface area contributed by atoms with Crippen molar-refractivity contribution in [2.45, 2.75) is 6.92 Å². The van der Waals surface area contributed by atoms with Gasteiger partial charge in [0.2, 0.25) is 0 Å². The summed E-state index contributed by atoms with van der Waals surface area (Å²) in [6.07, 6.45) is 5.04. The first-order chi connectivity index (χ1) is 7.24. The Morgan fingerprint density at radius 2 is 2.00 bits per heavy atom. The van der Waals surface area contributed by atoms with E-state index in [0.717, 1.165) is 5.76 Å². The van der Waals surface area contributed by atoms with E-state index in [2.05, 4.69) is 0 Å². The molecule has 0 aliphatic carbocycles. The van der Waals surface area contributed by atoms with E-state index >= 15 is 0 Å². The first-order valence-electron chi connectivity index (χ1n) is 4.57. The molecule has 2 aromatic heterocycles. The summed E-state index contributed by atoms with van der Waals surface area (Å²) >= 11 is 0. The van der Waals surface area contributed by atoms with E-state index in [0.29, 0.717) is 11.5 Å². The van der Waals surface area contributed by atoms with Crippen LogP contribution in [-0.4, -0.2) is 0 Å². The molecule has 15 heavy (non-hydrogen) atoms. The highest BCUT2D eigenvalue weighted by atomic mass is 16.3. The molecule has 0 aliphatic heterocycles. The maximum Gasteiger partial charge on any atom is 0.185 e. The van der Waals surface area contributed by atoms with Crippen LogP contribution < -0.4 is 5.43 Å². The van der Waals surface area contributed by atoms with Gasteiger partial charge in [0.05, 0.1) is 6.26 Å². The highest BCUT2D eigenvalue weighted by molar-refractivity contribution is 5.64. The highest BCUT2D eigenvalue weighted by Gasteiger charge is 1.95. The first-order valence-corrected chi connectivity index (χ1v) is 4.57. The summed E-state index contributed by atoms with van der Waals surface area (Å²) in [7, 11) is 0. The Balaban J connectivity index is 2.28. The van der Waals surface area contributed by atoms with Crippen molar-refractivity contribution in [1.82, 2.24) is 0 Å². The van der Waals surface area contributed by atoms with E-state index in [4.69, 9.17) is 8.83 Å². The Kier molecular flexibility index (Phi) is 2.54. The summed E-state index contributed by atoms with van der Waals surface area (Å²) in [5.41, 5.74) is -0.0576. The Bertz CT molecular complexity index is 518. The monoisotopic (exact) mass is 202 g/mol. The first kappa shape index (κ1) is 9.52. The van der Waals surface area contributed by atoms with Crippen LogP contribution in [0.25, 0.3) is 12.2 Å². The van der Waals surface area contributed by atoms with E-state index in [1.54, 1.807) is 31.4 Å². The van der Waals surface area contributed by atoms with E-state index < -0.39 is 0 Å². The second-order valence-electron chi connectivity index (χ2n) is 3.15. The summed E-state index contributed by atoms with van der Waals surface area (Å²) < 4.78 is 10.4. The maximum atomic E-state index is 11.2. The van der Waals surface area contributed by atoms with Gasteiger partial charge in [0.1, 0.15) is 17.3 Å². The smallest absolute Gasteiger partial charge is 0.185 e. The van der Waals surface area contributed by atoms with E-state index in [-0.39, 0.29) is 5.43 Å². The molecule has 0 amide bonds. The van der Waals surface area contributed by atoms with Gasteiger partial charge in [-0.25, -0.2) is 0 Å². The molecule has 0 atom stereocenters. The topological polar surface area (TPSA) is 43.4 Å². The van der Waals surface area contributed by atoms with E-state index in [1.807, 2.05) is 6.07 Å². The fourth-order valence-electron chi connectivity index (χ4n) is 1.26. The molecule has 0 aromatic carbocycles. The summed E-state index contributed by atoms with van der Waals surface area (Å²) in [4.78, 5) is 11.2. The minimum Gasteiger partial charge on any atom is -0.465 e. The molecule has 0 saturated heterocycles. The number of hydrogen-bond acceptors (Lipinski definition) is 3. The molecule has 2 aromatic rings. The van der Waals surface area contributed by atoms with Crippen LogP contribution in [0.2, 0.25) is 0 Å². The zero-order chi connectivity index (χ0) is 10.7. The predicted octanol–water partition coefficient (Wildman–Crippen LogP) is 2.71. The SMILES string of the molecule is Cc1cc(=O)cc(/C=C/c2ccco2)o1. The molecule has 0 fully saturated rings. The van der Waals surface area contributed by atoms with Crippen molar-refractivity contribution in [1.29, 1.82) is 0 Å². The van der Waals surface area contributed by atoms with Crippen LogP contribution in [0.4, 0.5) is 0 Å². The average molecular weight is 202 g/mol. The maximum absolute atomic E-state index is 11.2. The molecule has 2 rings (SSSR count). The molecular formula is C12H10O3. The van der Waals surface area contributed by atoms with Crippen molar-refractivity contribution in [3.05, 3.63) is 58.0 Å². The van der Waals surface area contributed by atoms with Crippen molar-refractivity contribution in [2.24, 2.45) is 0 Å². The zero-order valence-electron chi connectivity index (χ0n) is 8.27. The minimum absolute atomic E-state index is 0.0576. The van der Waals surface area contributed by atoms with Crippen molar-refractivity contribution in [3.63, 3.8) is 0 Å². The van der Waals surface area contributed by atoms with Crippen LogP contribution in [0.5, 0.6) is 0 Å². The van der Waals surface area contributed by atoms with Crippen LogP contribution in [0.1, 0.15) is 17.3 Å². The standard InChI is InChI=1S/C12H10O3/c1-9-7-10(13)8-12(15-9)5-4-11-3-2-6-14-11/h2-8H,1H3/b5-4+. The lowest BCUT2D eigenvalue weighted by molar-refractivity contribution is 0.505. The lowest BCUT2D eigenvalue weighted by atomic mass is 10.3. The quantitative estimate of drug-likeness (QED) is 0.751. The number of furan rings is 1. The summed E-state index contributed by atoms with van der Waals surface area (Å²) in [6.45, 7) is 1.74. The van der Waals surface area contributed by atoms with Crippen LogP contribution >= 0.6 is 0 Å². The zero-order valence-corrected chi connectivity index (χ0v) is 8.27. The lowest BCUT2D eigenvalue weighted by Gasteiger charge is -1.94. The Morgan fingerprint density at radius 1 is 1.20 bits per heavy atom. The van der Waals surface area contributed by atoms with E-state index in [9.17, 15) is 4.79 Å². The van der Waals surface area contributed by atoms with Gasteiger partial charge in [0.15, 0.2) is 5.43 Å².